The number of para-hydroxylation sites is 1. The van der Waals surface area contributed by atoms with E-state index in [2.05, 4.69) is 15.0 Å². The minimum atomic E-state index is -0.982. The van der Waals surface area contributed by atoms with Crippen LogP contribution in [0.15, 0.2) is 69.3 Å². The molecule has 0 aliphatic heterocycles. The van der Waals surface area contributed by atoms with Crippen molar-refractivity contribution in [2.45, 2.75) is 25.8 Å². The normalized spacial score (nSPS) is 12.5. The van der Waals surface area contributed by atoms with Gasteiger partial charge in [0.25, 0.3) is 5.56 Å². The number of nitrogens with one attached hydrogen (secondary N) is 2. The zero-order chi connectivity index (χ0) is 25.8. The molecular weight excluding hydrogens is 464 g/mol. The van der Waals surface area contributed by atoms with Gasteiger partial charge < -0.3 is 19.6 Å². The van der Waals surface area contributed by atoms with E-state index in [0.717, 1.165) is 21.0 Å². The molecule has 2 aromatic carbocycles. The first-order valence-corrected chi connectivity index (χ1v) is 11.3. The summed E-state index contributed by atoms with van der Waals surface area (Å²) in [7, 11) is 2.77. The van der Waals surface area contributed by atoms with Crippen molar-refractivity contribution in [1.82, 2.24) is 14.5 Å². The Morgan fingerprint density at radius 3 is 2.50 bits per heavy atom. The number of aromatic nitrogens is 3. The van der Waals surface area contributed by atoms with E-state index in [-0.39, 0.29) is 24.1 Å². The van der Waals surface area contributed by atoms with Crippen molar-refractivity contribution in [2.24, 2.45) is 4.99 Å². The molecule has 0 aliphatic carbocycles. The van der Waals surface area contributed by atoms with E-state index in [0.29, 0.717) is 11.4 Å². The van der Waals surface area contributed by atoms with Gasteiger partial charge in [0.2, 0.25) is 5.88 Å². The lowest BCUT2D eigenvalue weighted by Gasteiger charge is -2.15. The van der Waals surface area contributed by atoms with Crippen LogP contribution in [-0.4, -0.2) is 51.6 Å². The van der Waals surface area contributed by atoms with E-state index in [1.165, 1.54) is 14.2 Å². The molecule has 0 bridgehead atoms. The summed E-state index contributed by atoms with van der Waals surface area (Å²) in [6.45, 7) is 1.74. The third kappa shape index (κ3) is 4.65. The first-order valence-electron chi connectivity index (χ1n) is 11.3. The Morgan fingerprint density at radius 2 is 1.83 bits per heavy atom. The molecule has 0 aliphatic rings. The number of aliphatic imine (C=N–C) groups is 1. The van der Waals surface area contributed by atoms with Crippen molar-refractivity contribution in [1.29, 1.82) is 0 Å². The van der Waals surface area contributed by atoms with Gasteiger partial charge in [-0.05, 0) is 42.3 Å². The third-order valence-corrected chi connectivity index (χ3v) is 5.91. The van der Waals surface area contributed by atoms with Crippen molar-refractivity contribution >= 4 is 22.6 Å². The molecular formula is C26H26N4O6. The van der Waals surface area contributed by atoms with Crippen LogP contribution in [-0.2, 0) is 16.0 Å². The molecule has 4 aromatic rings. The van der Waals surface area contributed by atoms with E-state index in [4.69, 9.17) is 9.47 Å². The van der Waals surface area contributed by atoms with E-state index in [1.54, 1.807) is 37.4 Å². The lowest BCUT2D eigenvalue weighted by Crippen LogP contribution is -2.34. The summed E-state index contributed by atoms with van der Waals surface area (Å²) in [6.07, 6.45) is 2.21. The molecule has 0 fully saturated rings. The average Bonchev–Trinajstić information content (AvgIpc) is 3.29. The lowest BCUT2D eigenvalue weighted by molar-refractivity contribution is -0.142. The zero-order valence-corrected chi connectivity index (χ0v) is 20.1. The molecule has 1 unspecified atom stereocenters. The van der Waals surface area contributed by atoms with Crippen molar-refractivity contribution < 1.29 is 19.4 Å². The van der Waals surface area contributed by atoms with Crippen LogP contribution in [0.4, 0.5) is 0 Å². The van der Waals surface area contributed by atoms with Crippen molar-refractivity contribution in [3.8, 4) is 17.3 Å². The fourth-order valence-corrected chi connectivity index (χ4v) is 4.10. The highest BCUT2D eigenvalue weighted by Gasteiger charge is 2.25. The van der Waals surface area contributed by atoms with Gasteiger partial charge in [-0.25, -0.2) is 14.2 Å². The minimum absolute atomic E-state index is 0.159. The summed E-state index contributed by atoms with van der Waals surface area (Å²) in [5.41, 5.74) is 0.420. The minimum Gasteiger partial charge on any atom is -0.497 e. The highest BCUT2D eigenvalue weighted by Crippen LogP contribution is 2.23. The van der Waals surface area contributed by atoms with Gasteiger partial charge >= 0.3 is 11.7 Å². The van der Waals surface area contributed by atoms with Crippen LogP contribution in [0.2, 0.25) is 0 Å². The number of methoxy groups -OCH3 is 2. The standard InChI is InChI=1S/C26H26N4O6/c1-4-19(28-21(25(33)36-3)13-15-14-27-20-8-6-5-7-18(15)20)22-23(31)29-26(34)30(24(22)32)16-9-11-17(35-2)12-10-16/h5-12,14,21,27,32H,4,13H2,1-3H3,(H,29,31,34). The average molecular weight is 491 g/mol. The van der Waals surface area contributed by atoms with E-state index >= 15 is 0 Å². The maximum Gasteiger partial charge on any atom is 0.335 e. The van der Waals surface area contributed by atoms with Gasteiger partial charge in [0, 0.05) is 23.5 Å². The molecule has 2 aromatic heterocycles. The number of hydrogen-bond acceptors (Lipinski definition) is 7. The topological polar surface area (TPSA) is 139 Å². The molecule has 0 spiro atoms. The Labute approximate surface area is 205 Å². The maximum atomic E-state index is 12.8. The smallest absolute Gasteiger partial charge is 0.335 e. The summed E-state index contributed by atoms with van der Waals surface area (Å²) in [5.74, 6) is -0.610. The first kappa shape index (κ1) is 24.5. The molecule has 0 radical (unpaired) electrons. The van der Waals surface area contributed by atoms with Gasteiger partial charge in [-0.1, -0.05) is 25.1 Å². The van der Waals surface area contributed by atoms with Crippen LogP contribution in [0, 0.1) is 0 Å². The number of aromatic amines is 2. The predicted molar refractivity (Wildman–Crippen MR) is 136 cm³/mol. The first-order chi connectivity index (χ1) is 17.4. The Morgan fingerprint density at radius 1 is 1.11 bits per heavy atom. The Kier molecular flexibility index (Phi) is 7.05. The molecule has 4 rings (SSSR count). The maximum absolute atomic E-state index is 12.8. The van der Waals surface area contributed by atoms with Crippen molar-refractivity contribution in [3.05, 3.63) is 86.7 Å². The Hall–Kier alpha value is -4.60. The Balaban J connectivity index is 1.81. The number of carbonyl (C=O) groups is 1. The predicted octanol–water partition coefficient (Wildman–Crippen LogP) is 2.70. The fourth-order valence-electron chi connectivity index (χ4n) is 4.10. The number of H-pyrrole nitrogens is 2. The van der Waals surface area contributed by atoms with Crippen LogP contribution in [0.5, 0.6) is 11.6 Å². The van der Waals surface area contributed by atoms with Gasteiger partial charge in [0.1, 0.15) is 11.3 Å². The monoisotopic (exact) mass is 490 g/mol. The van der Waals surface area contributed by atoms with E-state index in [1.807, 2.05) is 24.3 Å². The van der Waals surface area contributed by atoms with E-state index < -0.39 is 29.1 Å². The van der Waals surface area contributed by atoms with E-state index in [9.17, 15) is 19.5 Å². The zero-order valence-electron chi connectivity index (χ0n) is 20.1. The highest BCUT2D eigenvalue weighted by molar-refractivity contribution is 6.03. The molecule has 1 atom stereocenters. The highest BCUT2D eigenvalue weighted by atomic mass is 16.5. The number of aromatic hydroxyl groups is 1. The second-order valence-electron chi connectivity index (χ2n) is 8.02. The summed E-state index contributed by atoms with van der Waals surface area (Å²) >= 11 is 0. The van der Waals surface area contributed by atoms with Gasteiger partial charge in [-0.15, -0.1) is 0 Å². The quantitative estimate of drug-likeness (QED) is 0.256. The third-order valence-electron chi connectivity index (χ3n) is 5.91. The Bertz CT molecular complexity index is 1550. The summed E-state index contributed by atoms with van der Waals surface area (Å²) < 4.78 is 11.1. The number of nitrogens with zero attached hydrogens (tertiary/aromatic N) is 2. The number of rotatable bonds is 8. The molecule has 10 nitrogen and oxygen atoms in total. The van der Waals surface area contributed by atoms with Crippen molar-refractivity contribution in [2.75, 3.05) is 14.2 Å². The number of ether oxygens (including phenoxy) is 2. The number of carbonyl (C=O) groups excluding carboxylic acids is 1. The summed E-state index contributed by atoms with van der Waals surface area (Å²) in [5, 5.41) is 12.0. The SMILES string of the molecule is CCC(=NC(Cc1c[nH]c2ccccc12)C(=O)OC)c1c(O)n(-c2ccc(OC)cc2)c(=O)[nH]c1=O. The van der Waals surface area contributed by atoms with Crippen LogP contribution in [0.3, 0.4) is 0 Å². The number of benzene rings is 2. The molecule has 36 heavy (non-hydrogen) atoms. The largest absolute Gasteiger partial charge is 0.497 e. The van der Waals surface area contributed by atoms with Crippen molar-refractivity contribution in [3.63, 3.8) is 0 Å². The number of hydrogen-bond donors (Lipinski definition) is 3. The number of fused-ring (bicyclic) bond motifs is 1. The van der Waals surface area contributed by atoms with Gasteiger partial charge in [0.15, 0.2) is 6.04 Å². The lowest BCUT2D eigenvalue weighted by atomic mass is 10.0. The van der Waals surface area contributed by atoms with Crippen LogP contribution < -0.4 is 16.0 Å². The molecule has 3 N–H and O–H groups in total. The molecule has 0 saturated heterocycles. The van der Waals surface area contributed by atoms with Crippen LogP contribution in [0.25, 0.3) is 16.6 Å². The summed E-state index contributed by atoms with van der Waals surface area (Å²) in [4.78, 5) is 48.0. The van der Waals surface area contributed by atoms with Gasteiger partial charge in [-0.3, -0.25) is 14.8 Å². The molecule has 0 amide bonds. The molecule has 0 saturated carbocycles. The fraction of sp³-hybridized carbons (Fsp3) is 0.231. The number of esters is 1. The molecule has 186 valence electrons. The molecule has 2 heterocycles. The van der Waals surface area contributed by atoms with Gasteiger partial charge in [-0.2, -0.15) is 0 Å². The van der Waals surface area contributed by atoms with Crippen LogP contribution >= 0.6 is 0 Å². The summed E-state index contributed by atoms with van der Waals surface area (Å²) in [6, 6.07) is 13.1. The second kappa shape index (κ2) is 10.3. The van der Waals surface area contributed by atoms with Crippen LogP contribution in [0.1, 0.15) is 24.5 Å². The molecule has 10 heteroatoms. The van der Waals surface area contributed by atoms with Gasteiger partial charge in [0.05, 0.1) is 25.6 Å². The second-order valence-corrected chi connectivity index (χ2v) is 8.02.